The van der Waals surface area contributed by atoms with Gasteiger partial charge in [0.05, 0.1) is 40.3 Å². The van der Waals surface area contributed by atoms with E-state index in [-0.39, 0.29) is 18.9 Å². The van der Waals surface area contributed by atoms with Crippen LogP contribution in [0.1, 0.15) is 22.0 Å². The maximum absolute atomic E-state index is 12.8. The van der Waals surface area contributed by atoms with Crippen molar-refractivity contribution < 1.29 is 4.79 Å². The Morgan fingerprint density at radius 1 is 1.45 bits per heavy atom. The summed E-state index contributed by atoms with van der Waals surface area (Å²) >= 11 is 8.94. The summed E-state index contributed by atoms with van der Waals surface area (Å²) in [6, 6.07) is 0. The van der Waals surface area contributed by atoms with Gasteiger partial charge in [-0.15, -0.1) is 22.7 Å². The molecule has 11 heteroatoms. The molecule has 3 heterocycles. The average molecular weight is 450 g/mol. The Bertz CT molecular complexity index is 1010. The summed E-state index contributed by atoms with van der Waals surface area (Å²) in [5, 5.41) is 13.7. The first-order valence-corrected chi connectivity index (χ1v) is 10.7. The normalized spacial score (nSPS) is 15.1. The number of nitrogens with zero attached hydrogens (tertiary/aromatic N) is 5. The summed E-state index contributed by atoms with van der Waals surface area (Å²) in [6.45, 7) is 0.227. The van der Waals surface area contributed by atoms with E-state index in [1.165, 1.54) is 27.7 Å². The molecule has 0 fully saturated rings. The monoisotopic (exact) mass is 449 g/mol. The van der Waals surface area contributed by atoms with Gasteiger partial charge in [-0.3, -0.25) is 4.79 Å². The molecule has 1 amide bonds. The highest BCUT2D eigenvalue weighted by molar-refractivity contribution is 7.14. The van der Waals surface area contributed by atoms with Gasteiger partial charge >= 0.3 is 0 Å². The summed E-state index contributed by atoms with van der Waals surface area (Å²) in [7, 11) is 3.80. The van der Waals surface area contributed by atoms with Crippen molar-refractivity contribution >= 4 is 58.2 Å². The Balaban J connectivity index is 1.89. The largest absolute Gasteiger partial charge is 0.402 e. The van der Waals surface area contributed by atoms with E-state index in [1.54, 1.807) is 24.0 Å². The van der Waals surface area contributed by atoms with Crippen molar-refractivity contribution in [1.82, 2.24) is 19.9 Å². The minimum Gasteiger partial charge on any atom is -0.402 e. The zero-order valence-electron chi connectivity index (χ0n) is 15.9. The molecule has 2 aromatic rings. The number of halogens is 1. The molecule has 0 saturated heterocycles. The molecule has 0 aromatic carbocycles. The lowest BCUT2D eigenvalue weighted by atomic mass is 10.1. The molecule has 1 aliphatic heterocycles. The molecule has 0 atom stereocenters. The van der Waals surface area contributed by atoms with Crippen molar-refractivity contribution in [1.29, 1.82) is 5.41 Å². The summed E-state index contributed by atoms with van der Waals surface area (Å²) in [6.07, 6.45) is 6.82. The number of hydrogen-bond donors (Lipinski definition) is 2. The number of hydrogen-bond acceptors (Lipinski definition) is 9. The molecular weight excluding hydrogens is 430 g/mol. The maximum Gasteiger partial charge on any atom is 0.248 e. The van der Waals surface area contributed by atoms with E-state index in [4.69, 9.17) is 22.7 Å². The third kappa shape index (κ3) is 5.08. The quantitative estimate of drug-likeness (QED) is 0.631. The number of carbonyl (C=O) groups is 1. The summed E-state index contributed by atoms with van der Waals surface area (Å²) in [5.41, 5.74) is 10.4. The van der Waals surface area contributed by atoms with Gasteiger partial charge in [-0.2, -0.15) is 5.10 Å². The van der Waals surface area contributed by atoms with Crippen LogP contribution in [0.25, 0.3) is 5.57 Å². The lowest BCUT2D eigenvalue weighted by Crippen LogP contribution is -2.26. The number of carbonyl (C=O) groups excluding carboxylic acids is 1. The molecule has 0 spiro atoms. The van der Waals surface area contributed by atoms with Gasteiger partial charge < -0.3 is 16.0 Å². The highest BCUT2D eigenvalue weighted by atomic mass is 35.5. The lowest BCUT2D eigenvalue weighted by molar-refractivity contribution is -0.131. The Morgan fingerprint density at radius 2 is 2.24 bits per heavy atom. The minimum atomic E-state index is -0.132. The van der Waals surface area contributed by atoms with Gasteiger partial charge in [-0.1, -0.05) is 11.6 Å². The number of nitrogens with one attached hydrogen (secondary N) is 1. The standard InChI is InChI=1S/C18H20ClN7OS2/c1-25(2)14-6-17(27)26(9-13-18(19)28-10-23-13)24-7-12(14)15-8-22-16(29-15)5-11(21)3-4-20/h3-4,7-8,10,20H,5-6,9,21H2,1-2H3. The van der Waals surface area contributed by atoms with E-state index in [1.807, 2.05) is 19.0 Å². The second kappa shape index (κ2) is 9.29. The predicted molar refractivity (Wildman–Crippen MR) is 118 cm³/mol. The number of allylic oxidation sites excluding steroid dienone is 3. The lowest BCUT2D eigenvalue weighted by Gasteiger charge is -2.19. The molecule has 0 unspecified atom stereocenters. The molecule has 0 aliphatic carbocycles. The van der Waals surface area contributed by atoms with Crippen molar-refractivity contribution in [3.05, 3.63) is 49.1 Å². The highest BCUT2D eigenvalue weighted by Crippen LogP contribution is 2.30. The van der Waals surface area contributed by atoms with Gasteiger partial charge in [0.25, 0.3) is 0 Å². The third-order valence-electron chi connectivity index (χ3n) is 4.15. The fourth-order valence-electron chi connectivity index (χ4n) is 2.69. The van der Waals surface area contributed by atoms with Gasteiger partial charge in [-0.05, 0) is 6.08 Å². The fraction of sp³-hybridized carbons (Fsp3) is 0.278. The van der Waals surface area contributed by atoms with E-state index < -0.39 is 0 Å². The molecule has 1 aliphatic rings. The molecule has 8 nitrogen and oxygen atoms in total. The molecule has 0 radical (unpaired) electrons. The van der Waals surface area contributed by atoms with Gasteiger partial charge in [0.1, 0.15) is 4.34 Å². The first-order chi connectivity index (χ1) is 13.9. The van der Waals surface area contributed by atoms with E-state index in [0.29, 0.717) is 22.1 Å². The number of amides is 1. The van der Waals surface area contributed by atoms with Crippen molar-refractivity contribution in [2.24, 2.45) is 10.8 Å². The average Bonchev–Trinajstić information content (AvgIpc) is 3.24. The second-order valence-corrected chi connectivity index (χ2v) is 8.98. The molecule has 0 saturated carbocycles. The predicted octanol–water partition coefficient (Wildman–Crippen LogP) is 2.98. The Kier molecular flexibility index (Phi) is 6.78. The van der Waals surface area contributed by atoms with Crippen molar-refractivity contribution in [2.75, 3.05) is 14.1 Å². The van der Waals surface area contributed by atoms with E-state index >= 15 is 0 Å². The van der Waals surface area contributed by atoms with Gasteiger partial charge in [-0.25, -0.2) is 15.0 Å². The van der Waals surface area contributed by atoms with Crippen LogP contribution in [0.15, 0.2) is 34.3 Å². The van der Waals surface area contributed by atoms with Gasteiger partial charge in [0.2, 0.25) is 5.91 Å². The third-order valence-corrected chi connectivity index (χ3v) is 6.32. The number of aromatic nitrogens is 2. The molecule has 0 bridgehead atoms. The molecule has 3 N–H and O–H groups in total. The number of rotatable bonds is 7. The van der Waals surface area contributed by atoms with Crippen LogP contribution < -0.4 is 5.73 Å². The Hall–Kier alpha value is -2.56. The van der Waals surface area contributed by atoms with Gasteiger partial charge in [0.15, 0.2) is 0 Å². The zero-order valence-corrected chi connectivity index (χ0v) is 18.3. The molecule has 29 heavy (non-hydrogen) atoms. The summed E-state index contributed by atoms with van der Waals surface area (Å²) in [4.78, 5) is 24.2. The van der Waals surface area contributed by atoms with E-state index in [0.717, 1.165) is 27.4 Å². The topological polar surface area (TPSA) is 112 Å². The van der Waals surface area contributed by atoms with Crippen molar-refractivity contribution in [2.45, 2.75) is 19.4 Å². The molecule has 152 valence electrons. The first kappa shape index (κ1) is 21.2. The van der Waals surface area contributed by atoms with Crippen LogP contribution in [0, 0.1) is 5.41 Å². The fourth-order valence-corrected chi connectivity index (χ4v) is 4.42. The summed E-state index contributed by atoms with van der Waals surface area (Å²) < 4.78 is 0.556. The zero-order chi connectivity index (χ0) is 21.0. The Morgan fingerprint density at radius 3 is 2.90 bits per heavy atom. The molecule has 2 aromatic heterocycles. The van der Waals surface area contributed by atoms with E-state index in [2.05, 4.69) is 15.1 Å². The van der Waals surface area contributed by atoms with Crippen LogP contribution in [0.4, 0.5) is 0 Å². The minimum absolute atomic E-state index is 0.132. The first-order valence-electron chi connectivity index (χ1n) is 8.62. The second-order valence-electron chi connectivity index (χ2n) is 6.40. The SMILES string of the molecule is CN(C)C1=C(c2cnc(CC(N)=CC=N)s2)C=NN(Cc2ncsc2Cl)C(=O)C1. The molecular formula is C18H20ClN7OS2. The van der Waals surface area contributed by atoms with Crippen molar-refractivity contribution in [3.8, 4) is 0 Å². The number of nitrogens with two attached hydrogens (primary N) is 1. The highest BCUT2D eigenvalue weighted by Gasteiger charge is 2.24. The maximum atomic E-state index is 12.8. The number of hydrazone groups is 1. The van der Waals surface area contributed by atoms with Crippen molar-refractivity contribution in [3.63, 3.8) is 0 Å². The van der Waals surface area contributed by atoms with Crippen LogP contribution in [0.5, 0.6) is 0 Å². The molecule has 3 rings (SSSR count). The van der Waals surface area contributed by atoms with Crippen LogP contribution >= 0.6 is 34.3 Å². The van der Waals surface area contributed by atoms with E-state index in [9.17, 15) is 4.79 Å². The Labute approximate surface area is 181 Å². The smallest absolute Gasteiger partial charge is 0.248 e. The summed E-state index contributed by atoms with van der Waals surface area (Å²) in [5.74, 6) is -0.132. The van der Waals surface area contributed by atoms with Crippen LogP contribution in [0.2, 0.25) is 4.34 Å². The van der Waals surface area contributed by atoms with Crippen LogP contribution in [-0.2, 0) is 17.8 Å². The van der Waals surface area contributed by atoms with Crippen LogP contribution in [-0.4, -0.2) is 52.3 Å². The number of thiazole rings is 2. The van der Waals surface area contributed by atoms with Gasteiger partial charge in [0, 0.05) is 49.9 Å². The van der Waals surface area contributed by atoms with Crippen LogP contribution in [0.3, 0.4) is 0 Å².